The molecule has 0 radical (unpaired) electrons. The minimum absolute atomic E-state index is 0.184. The highest BCUT2D eigenvalue weighted by Crippen LogP contribution is 2.39. The van der Waals surface area contributed by atoms with E-state index in [0.29, 0.717) is 29.3 Å². The maximum Gasteiger partial charge on any atom is 0.338 e. The fourth-order valence-corrected chi connectivity index (χ4v) is 3.60. The van der Waals surface area contributed by atoms with Crippen molar-refractivity contribution in [3.63, 3.8) is 0 Å². The van der Waals surface area contributed by atoms with Gasteiger partial charge in [-0.15, -0.1) is 0 Å². The van der Waals surface area contributed by atoms with E-state index in [1.807, 2.05) is 62.2 Å². The van der Waals surface area contributed by atoms with Crippen molar-refractivity contribution in [2.75, 3.05) is 25.2 Å². The molecule has 0 fully saturated rings. The number of pyridine rings is 1. The molecule has 1 aromatic carbocycles. The molecule has 0 bridgehead atoms. The summed E-state index contributed by atoms with van der Waals surface area (Å²) in [5.74, 6) is 0.827. The van der Waals surface area contributed by atoms with Crippen molar-refractivity contribution in [2.45, 2.75) is 33.7 Å². The SMILES string of the molecule is CCOC(=O)C1=C(C)N(C)c2cc(OCC)c(C)c(=O)n2[C@@H]1c1ccccc1. The maximum atomic E-state index is 13.4. The molecule has 1 aromatic heterocycles. The molecule has 6 heteroatoms. The minimum Gasteiger partial charge on any atom is -0.493 e. The fourth-order valence-electron chi connectivity index (χ4n) is 3.60. The summed E-state index contributed by atoms with van der Waals surface area (Å²) >= 11 is 0. The molecule has 0 amide bonds. The van der Waals surface area contributed by atoms with Gasteiger partial charge in [-0.05, 0) is 33.3 Å². The number of aromatic nitrogens is 1. The van der Waals surface area contributed by atoms with Gasteiger partial charge in [0, 0.05) is 18.8 Å². The van der Waals surface area contributed by atoms with Gasteiger partial charge in [0.15, 0.2) is 0 Å². The average Bonchev–Trinajstić information content (AvgIpc) is 2.69. The number of allylic oxidation sites excluding steroid dienone is 1. The highest BCUT2D eigenvalue weighted by Gasteiger charge is 2.36. The number of esters is 1. The summed E-state index contributed by atoms with van der Waals surface area (Å²) in [7, 11) is 1.84. The number of fused-ring (bicyclic) bond motifs is 1. The molecule has 0 aliphatic carbocycles. The van der Waals surface area contributed by atoms with Crippen LogP contribution in [0.3, 0.4) is 0 Å². The van der Waals surface area contributed by atoms with Crippen molar-refractivity contribution in [3.8, 4) is 5.75 Å². The van der Waals surface area contributed by atoms with E-state index in [-0.39, 0.29) is 12.2 Å². The molecule has 148 valence electrons. The number of carbonyl (C=O) groups is 1. The van der Waals surface area contributed by atoms with E-state index in [4.69, 9.17) is 9.47 Å². The maximum absolute atomic E-state index is 13.4. The van der Waals surface area contributed by atoms with Crippen LogP contribution < -0.4 is 15.2 Å². The molecule has 28 heavy (non-hydrogen) atoms. The van der Waals surface area contributed by atoms with Gasteiger partial charge in [0.1, 0.15) is 11.6 Å². The van der Waals surface area contributed by atoms with Crippen LogP contribution in [0.15, 0.2) is 52.5 Å². The van der Waals surface area contributed by atoms with Crippen molar-refractivity contribution in [2.24, 2.45) is 0 Å². The normalized spacial score (nSPS) is 16.0. The molecule has 0 saturated heterocycles. The lowest BCUT2D eigenvalue weighted by atomic mass is 9.93. The third kappa shape index (κ3) is 3.19. The Kier molecular flexibility index (Phi) is 5.58. The van der Waals surface area contributed by atoms with Crippen LogP contribution in [0.1, 0.15) is 37.9 Å². The molecule has 3 rings (SSSR count). The summed E-state index contributed by atoms with van der Waals surface area (Å²) in [5, 5.41) is 0. The summed E-state index contributed by atoms with van der Waals surface area (Å²) in [4.78, 5) is 28.1. The second kappa shape index (κ2) is 7.92. The molecule has 1 atom stereocenters. The first-order valence-corrected chi connectivity index (χ1v) is 9.47. The molecular weight excluding hydrogens is 356 g/mol. The van der Waals surface area contributed by atoms with Crippen LogP contribution in [0.25, 0.3) is 0 Å². The van der Waals surface area contributed by atoms with Crippen molar-refractivity contribution < 1.29 is 14.3 Å². The van der Waals surface area contributed by atoms with E-state index in [1.165, 1.54) is 0 Å². The van der Waals surface area contributed by atoms with Crippen molar-refractivity contribution >= 4 is 11.8 Å². The lowest BCUT2D eigenvalue weighted by Gasteiger charge is -2.37. The highest BCUT2D eigenvalue weighted by atomic mass is 16.5. The van der Waals surface area contributed by atoms with Crippen LogP contribution in [0, 0.1) is 6.92 Å². The second-order valence-electron chi connectivity index (χ2n) is 6.69. The first-order valence-electron chi connectivity index (χ1n) is 9.47. The van der Waals surface area contributed by atoms with Gasteiger partial charge in [-0.2, -0.15) is 0 Å². The highest BCUT2D eigenvalue weighted by molar-refractivity contribution is 5.92. The standard InChI is InChI=1S/C22H26N2O4/c1-6-27-17-13-18-23(5)15(4)19(22(26)28-7-2)20(16-11-9-8-10-12-16)24(18)21(25)14(17)3/h8-13,20H,6-7H2,1-5H3/t20-/m1/s1. The van der Waals surface area contributed by atoms with E-state index >= 15 is 0 Å². The Hall–Kier alpha value is -3.02. The Labute approximate surface area is 165 Å². The van der Waals surface area contributed by atoms with E-state index in [1.54, 1.807) is 18.4 Å². The smallest absolute Gasteiger partial charge is 0.338 e. The number of hydrogen-bond donors (Lipinski definition) is 0. The Morgan fingerprint density at radius 3 is 2.39 bits per heavy atom. The van der Waals surface area contributed by atoms with Gasteiger partial charge in [-0.3, -0.25) is 9.36 Å². The number of nitrogens with zero attached hydrogens (tertiary/aromatic N) is 2. The first-order chi connectivity index (χ1) is 13.4. The molecule has 6 nitrogen and oxygen atoms in total. The van der Waals surface area contributed by atoms with Gasteiger partial charge in [-0.1, -0.05) is 30.3 Å². The molecule has 0 saturated carbocycles. The third-order valence-corrected chi connectivity index (χ3v) is 5.09. The number of hydrogen-bond acceptors (Lipinski definition) is 5. The Morgan fingerprint density at radius 2 is 1.79 bits per heavy atom. The van der Waals surface area contributed by atoms with Gasteiger partial charge in [0.25, 0.3) is 5.56 Å². The zero-order valence-corrected chi connectivity index (χ0v) is 17.0. The molecule has 2 heterocycles. The largest absolute Gasteiger partial charge is 0.493 e. The van der Waals surface area contributed by atoms with Crippen LogP contribution in [0.5, 0.6) is 5.75 Å². The molecule has 2 aromatic rings. The Morgan fingerprint density at radius 1 is 1.11 bits per heavy atom. The second-order valence-corrected chi connectivity index (χ2v) is 6.69. The molecular formula is C22H26N2O4. The quantitative estimate of drug-likeness (QED) is 0.742. The van der Waals surface area contributed by atoms with Crippen molar-refractivity contribution in [3.05, 3.63) is 69.1 Å². The van der Waals surface area contributed by atoms with E-state index < -0.39 is 12.0 Å². The van der Waals surface area contributed by atoms with Crippen LogP contribution in [0.2, 0.25) is 0 Å². The topological polar surface area (TPSA) is 60.8 Å². The summed E-state index contributed by atoms with van der Waals surface area (Å²) in [6.07, 6.45) is 0. The van der Waals surface area contributed by atoms with Gasteiger partial charge in [0.05, 0.1) is 30.4 Å². The van der Waals surface area contributed by atoms with E-state index in [0.717, 1.165) is 11.3 Å². The van der Waals surface area contributed by atoms with Crippen molar-refractivity contribution in [1.29, 1.82) is 0 Å². The van der Waals surface area contributed by atoms with Gasteiger partial charge >= 0.3 is 5.97 Å². The van der Waals surface area contributed by atoms with Crippen LogP contribution in [0.4, 0.5) is 5.82 Å². The van der Waals surface area contributed by atoms with E-state index in [2.05, 4.69) is 0 Å². The lowest BCUT2D eigenvalue weighted by molar-refractivity contribution is -0.139. The number of rotatable bonds is 5. The number of benzene rings is 1. The first kappa shape index (κ1) is 19.7. The number of ether oxygens (including phenoxy) is 2. The number of carbonyl (C=O) groups excluding carboxylic acids is 1. The summed E-state index contributed by atoms with van der Waals surface area (Å²) < 4.78 is 12.7. The van der Waals surface area contributed by atoms with Gasteiger partial charge in [0.2, 0.25) is 0 Å². The van der Waals surface area contributed by atoms with Crippen molar-refractivity contribution in [1.82, 2.24) is 4.57 Å². The molecule has 0 N–H and O–H groups in total. The molecule has 1 aliphatic heterocycles. The average molecular weight is 382 g/mol. The predicted octanol–water partition coefficient (Wildman–Crippen LogP) is 3.43. The summed E-state index contributed by atoms with van der Waals surface area (Å²) in [6, 6.07) is 10.9. The van der Waals surface area contributed by atoms with Crippen LogP contribution >= 0.6 is 0 Å². The molecule has 0 unspecified atom stereocenters. The van der Waals surface area contributed by atoms with Gasteiger partial charge in [-0.25, -0.2) is 4.79 Å². The Bertz CT molecular complexity index is 976. The number of anilines is 1. The molecule has 1 aliphatic rings. The van der Waals surface area contributed by atoms with Gasteiger partial charge < -0.3 is 14.4 Å². The van der Waals surface area contributed by atoms with E-state index in [9.17, 15) is 9.59 Å². The summed E-state index contributed by atoms with van der Waals surface area (Å²) in [5.41, 5.74) is 2.40. The zero-order valence-electron chi connectivity index (χ0n) is 17.0. The fraction of sp³-hybridized carbons (Fsp3) is 0.364. The summed E-state index contributed by atoms with van der Waals surface area (Å²) in [6.45, 7) is 8.02. The third-order valence-electron chi connectivity index (χ3n) is 5.09. The lowest BCUT2D eigenvalue weighted by Crippen LogP contribution is -2.40. The van der Waals surface area contributed by atoms with Crippen LogP contribution in [-0.2, 0) is 9.53 Å². The molecule has 0 spiro atoms. The zero-order chi connectivity index (χ0) is 20.4. The van der Waals surface area contributed by atoms with Crippen LogP contribution in [-0.4, -0.2) is 30.8 Å². The minimum atomic E-state index is -0.562. The predicted molar refractivity (Wildman–Crippen MR) is 109 cm³/mol. The Balaban J connectivity index is 2.34. The monoisotopic (exact) mass is 382 g/mol.